The van der Waals surface area contributed by atoms with Crippen LogP contribution in [0.25, 0.3) is 0 Å². The highest BCUT2D eigenvalue weighted by atomic mass is 15.0. The maximum atomic E-state index is 3.78. The molecule has 3 rings (SSSR count). The van der Waals surface area contributed by atoms with Crippen LogP contribution < -0.4 is 5.32 Å². The second-order valence-corrected chi connectivity index (χ2v) is 3.95. The van der Waals surface area contributed by atoms with Crippen molar-refractivity contribution >= 4 is 5.82 Å². The molecule has 0 spiro atoms. The first-order valence-corrected chi connectivity index (χ1v) is 6.21. The first-order chi connectivity index (χ1) is 9.45. The average molecular weight is 251 g/mol. The fourth-order valence-electron chi connectivity index (χ4n) is 1.55. The van der Waals surface area contributed by atoms with Crippen molar-refractivity contribution in [2.75, 3.05) is 5.32 Å². The van der Waals surface area contributed by atoms with Crippen molar-refractivity contribution in [2.24, 2.45) is 0 Å². The maximum Gasteiger partial charge on any atom is 0.103 e. The van der Waals surface area contributed by atoms with E-state index in [1.54, 1.807) is 12.4 Å². The Morgan fingerprint density at radius 2 is 1.58 bits per heavy atom. The van der Waals surface area contributed by atoms with Crippen molar-refractivity contribution in [3.05, 3.63) is 84.8 Å². The van der Waals surface area contributed by atoms with Crippen LogP contribution >= 0.6 is 0 Å². The van der Waals surface area contributed by atoms with Crippen molar-refractivity contribution < 1.29 is 0 Å². The highest BCUT2D eigenvalue weighted by Crippen LogP contribution is 2.05. The van der Waals surface area contributed by atoms with Crippen LogP contribution in [-0.4, -0.2) is 9.97 Å². The lowest BCUT2D eigenvalue weighted by atomic mass is 10.2. The van der Waals surface area contributed by atoms with Gasteiger partial charge in [0.1, 0.15) is 5.82 Å². The molecule has 3 nitrogen and oxygen atoms in total. The van der Waals surface area contributed by atoms with Gasteiger partial charge >= 0.3 is 0 Å². The third-order valence-electron chi connectivity index (χ3n) is 2.49. The summed E-state index contributed by atoms with van der Waals surface area (Å²) in [5.41, 5.74) is 1.29. The van der Waals surface area contributed by atoms with Crippen LogP contribution in [0.15, 0.2) is 79.3 Å². The molecule has 0 bridgehead atoms. The molecule has 3 aromatic rings. The Hall–Kier alpha value is -2.55. The zero-order valence-corrected chi connectivity index (χ0v) is 10.7. The molecular formula is C16H17N3. The van der Waals surface area contributed by atoms with Crippen molar-refractivity contribution in [3.63, 3.8) is 0 Å². The van der Waals surface area contributed by atoms with Gasteiger partial charge in [-0.15, -0.1) is 0 Å². The van der Waals surface area contributed by atoms with Crippen LogP contribution in [0.4, 0.5) is 5.82 Å². The molecular weight excluding hydrogens is 234 g/mol. The van der Waals surface area contributed by atoms with Gasteiger partial charge in [0.05, 0.1) is 0 Å². The molecule has 0 aliphatic heterocycles. The van der Waals surface area contributed by atoms with Gasteiger partial charge in [-0.1, -0.05) is 36.4 Å². The van der Waals surface area contributed by atoms with Crippen LogP contribution in [0.5, 0.6) is 0 Å². The molecule has 3 heteroatoms. The Morgan fingerprint density at radius 1 is 0.842 bits per heavy atom. The molecule has 0 aliphatic carbocycles. The number of benzene rings is 1. The predicted octanol–water partition coefficient (Wildman–Crippen LogP) is 3.71. The second kappa shape index (κ2) is 7.71. The number of aromatic amines is 1. The number of nitrogens with one attached hydrogen (secondary N) is 2. The van der Waals surface area contributed by atoms with Crippen LogP contribution in [0.3, 0.4) is 0 Å². The fourth-order valence-corrected chi connectivity index (χ4v) is 1.55. The average Bonchev–Trinajstić information content (AvgIpc) is 3.02. The number of aromatic nitrogens is 2. The first kappa shape index (κ1) is 12.9. The zero-order valence-electron chi connectivity index (χ0n) is 10.7. The van der Waals surface area contributed by atoms with Gasteiger partial charge in [0.25, 0.3) is 0 Å². The molecule has 2 heterocycles. The SMILES string of the molecule is c1ccc(CNc2ccc[nH]2)cc1.c1ccncc1. The molecule has 0 unspecified atom stereocenters. The smallest absolute Gasteiger partial charge is 0.103 e. The van der Waals surface area contributed by atoms with E-state index in [1.807, 2.05) is 54.7 Å². The number of hydrogen-bond acceptors (Lipinski definition) is 2. The largest absolute Gasteiger partial charge is 0.368 e. The van der Waals surface area contributed by atoms with Crippen molar-refractivity contribution in [1.29, 1.82) is 0 Å². The minimum Gasteiger partial charge on any atom is -0.368 e. The molecule has 19 heavy (non-hydrogen) atoms. The van der Waals surface area contributed by atoms with Gasteiger partial charge in [0, 0.05) is 25.1 Å². The van der Waals surface area contributed by atoms with Gasteiger partial charge in [-0.25, -0.2) is 0 Å². The molecule has 0 saturated carbocycles. The van der Waals surface area contributed by atoms with Crippen molar-refractivity contribution in [3.8, 4) is 0 Å². The number of nitrogens with zero attached hydrogens (tertiary/aromatic N) is 1. The Kier molecular flexibility index (Phi) is 5.24. The highest BCUT2D eigenvalue weighted by molar-refractivity contribution is 5.35. The lowest BCUT2D eigenvalue weighted by Gasteiger charge is -2.02. The van der Waals surface area contributed by atoms with E-state index in [1.165, 1.54) is 5.56 Å². The topological polar surface area (TPSA) is 40.7 Å². The summed E-state index contributed by atoms with van der Waals surface area (Å²) in [6, 6.07) is 20.0. The van der Waals surface area contributed by atoms with Crippen LogP contribution in [0, 0.1) is 0 Å². The standard InChI is InChI=1S/C11H12N2.C5H5N/c1-2-5-10(6-3-1)9-13-11-7-4-8-12-11;1-2-4-6-5-3-1/h1-8,12-13H,9H2;1-5H. The number of anilines is 1. The molecule has 0 amide bonds. The van der Waals surface area contributed by atoms with E-state index < -0.39 is 0 Å². The molecule has 0 saturated heterocycles. The molecule has 96 valence electrons. The highest BCUT2D eigenvalue weighted by Gasteiger charge is 1.91. The Labute approximate surface area is 113 Å². The van der Waals surface area contributed by atoms with Crippen LogP contribution in [-0.2, 0) is 6.54 Å². The predicted molar refractivity (Wildman–Crippen MR) is 78.8 cm³/mol. The van der Waals surface area contributed by atoms with Crippen LogP contribution in [0.1, 0.15) is 5.56 Å². The van der Waals surface area contributed by atoms with E-state index in [0.717, 1.165) is 12.4 Å². The minimum absolute atomic E-state index is 0.862. The van der Waals surface area contributed by atoms with Gasteiger partial charge in [0.15, 0.2) is 0 Å². The Balaban J connectivity index is 0.000000186. The van der Waals surface area contributed by atoms with Gasteiger partial charge in [-0.05, 0) is 29.8 Å². The Morgan fingerprint density at radius 3 is 2.11 bits per heavy atom. The maximum absolute atomic E-state index is 3.78. The summed E-state index contributed by atoms with van der Waals surface area (Å²) < 4.78 is 0. The quantitative estimate of drug-likeness (QED) is 0.745. The third-order valence-corrected chi connectivity index (χ3v) is 2.49. The lowest BCUT2D eigenvalue weighted by Crippen LogP contribution is -1.98. The summed E-state index contributed by atoms with van der Waals surface area (Å²) in [5.74, 6) is 1.06. The van der Waals surface area contributed by atoms with Gasteiger partial charge in [-0.3, -0.25) is 4.98 Å². The summed E-state index contributed by atoms with van der Waals surface area (Å²) in [6.07, 6.45) is 5.41. The molecule has 0 atom stereocenters. The van der Waals surface area contributed by atoms with E-state index in [0.29, 0.717) is 0 Å². The molecule has 2 N–H and O–H groups in total. The third kappa shape index (κ3) is 5.08. The fraction of sp³-hybridized carbons (Fsp3) is 0.0625. The van der Waals surface area contributed by atoms with Crippen molar-refractivity contribution in [1.82, 2.24) is 9.97 Å². The summed E-state index contributed by atoms with van der Waals surface area (Å²) >= 11 is 0. The summed E-state index contributed by atoms with van der Waals surface area (Å²) in [5, 5.41) is 3.29. The van der Waals surface area contributed by atoms with E-state index >= 15 is 0 Å². The van der Waals surface area contributed by atoms with Crippen molar-refractivity contribution in [2.45, 2.75) is 6.54 Å². The molecule has 0 aliphatic rings. The number of hydrogen-bond donors (Lipinski definition) is 2. The molecule has 0 fully saturated rings. The second-order valence-electron chi connectivity index (χ2n) is 3.95. The summed E-state index contributed by atoms with van der Waals surface area (Å²) in [7, 11) is 0. The summed E-state index contributed by atoms with van der Waals surface area (Å²) in [6.45, 7) is 0.862. The first-order valence-electron chi connectivity index (χ1n) is 6.21. The monoisotopic (exact) mass is 251 g/mol. The Bertz CT molecular complexity index is 506. The normalized spacial score (nSPS) is 9.26. The van der Waals surface area contributed by atoms with Gasteiger partial charge < -0.3 is 10.3 Å². The van der Waals surface area contributed by atoms with Crippen LogP contribution in [0.2, 0.25) is 0 Å². The molecule has 1 aromatic carbocycles. The lowest BCUT2D eigenvalue weighted by molar-refractivity contribution is 1.12. The van der Waals surface area contributed by atoms with E-state index in [4.69, 9.17) is 0 Å². The number of H-pyrrole nitrogens is 1. The van der Waals surface area contributed by atoms with Gasteiger partial charge in [0.2, 0.25) is 0 Å². The van der Waals surface area contributed by atoms with Gasteiger partial charge in [-0.2, -0.15) is 0 Å². The summed E-state index contributed by atoms with van der Waals surface area (Å²) in [4.78, 5) is 6.88. The number of pyridine rings is 1. The molecule has 2 aromatic heterocycles. The minimum atomic E-state index is 0.862. The molecule has 0 radical (unpaired) electrons. The van der Waals surface area contributed by atoms with E-state index in [9.17, 15) is 0 Å². The van der Waals surface area contributed by atoms with E-state index in [-0.39, 0.29) is 0 Å². The van der Waals surface area contributed by atoms with E-state index in [2.05, 4.69) is 27.4 Å². The zero-order chi connectivity index (χ0) is 13.2. The number of rotatable bonds is 3.